The lowest BCUT2D eigenvalue weighted by atomic mass is 9.70. The van der Waals surface area contributed by atoms with Crippen LogP contribution in [0.4, 0.5) is 0 Å². The molecule has 2 heteroatoms. The van der Waals surface area contributed by atoms with Gasteiger partial charge in [0.1, 0.15) is 0 Å². The normalized spacial score (nSPS) is 25.2. The Morgan fingerprint density at radius 2 is 2.00 bits per heavy atom. The summed E-state index contributed by atoms with van der Waals surface area (Å²) in [6.45, 7) is 0. The van der Waals surface area contributed by atoms with Gasteiger partial charge in [-0.1, -0.05) is 30.3 Å². The number of benzene rings is 1. The first kappa shape index (κ1) is 9.25. The van der Waals surface area contributed by atoms with E-state index in [1.807, 2.05) is 18.2 Å². The second-order valence-corrected chi connectivity index (χ2v) is 3.72. The Kier molecular flexibility index (Phi) is 2.53. The van der Waals surface area contributed by atoms with Crippen LogP contribution in [0.2, 0.25) is 0 Å². The SMILES string of the molecule is COC(=O)[C@H]1CC[C@@H]1c1ccccc1. The molecule has 2 nitrogen and oxygen atoms in total. The van der Waals surface area contributed by atoms with Crippen LogP contribution in [-0.2, 0) is 9.53 Å². The van der Waals surface area contributed by atoms with Crippen LogP contribution in [0.3, 0.4) is 0 Å². The molecule has 0 saturated heterocycles. The van der Waals surface area contributed by atoms with Gasteiger partial charge in [-0.3, -0.25) is 4.79 Å². The van der Waals surface area contributed by atoms with E-state index < -0.39 is 0 Å². The van der Waals surface area contributed by atoms with Gasteiger partial charge in [0.15, 0.2) is 0 Å². The quantitative estimate of drug-likeness (QED) is 0.669. The molecule has 0 unspecified atom stereocenters. The number of carbonyl (C=O) groups is 1. The van der Waals surface area contributed by atoms with Crippen LogP contribution < -0.4 is 0 Å². The van der Waals surface area contributed by atoms with E-state index >= 15 is 0 Å². The summed E-state index contributed by atoms with van der Waals surface area (Å²) in [5.74, 6) is 0.399. The highest BCUT2D eigenvalue weighted by Crippen LogP contribution is 2.42. The van der Waals surface area contributed by atoms with Gasteiger partial charge in [-0.25, -0.2) is 0 Å². The molecule has 0 N–H and O–H groups in total. The minimum atomic E-state index is -0.0647. The maximum atomic E-state index is 11.4. The maximum absolute atomic E-state index is 11.4. The van der Waals surface area contributed by atoms with Gasteiger partial charge in [-0.05, 0) is 24.3 Å². The van der Waals surface area contributed by atoms with E-state index in [1.54, 1.807) is 0 Å². The molecule has 2 rings (SSSR count). The van der Waals surface area contributed by atoms with Crippen molar-refractivity contribution >= 4 is 5.97 Å². The maximum Gasteiger partial charge on any atom is 0.309 e. The summed E-state index contributed by atoms with van der Waals surface area (Å²) in [4.78, 5) is 11.4. The summed E-state index contributed by atoms with van der Waals surface area (Å²) in [6, 6.07) is 10.2. The fourth-order valence-electron chi connectivity index (χ4n) is 2.03. The van der Waals surface area contributed by atoms with Crippen molar-refractivity contribution in [2.24, 2.45) is 5.92 Å². The molecule has 74 valence electrons. The van der Waals surface area contributed by atoms with Crippen LogP contribution in [-0.4, -0.2) is 13.1 Å². The van der Waals surface area contributed by atoms with Gasteiger partial charge in [0, 0.05) is 0 Å². The molecule has 1 aromatic rings. The number of ether oxygens (including phenoxy) is 1. The largest absolute Gasteiger partial charge is 0.469 e. The highest BCUT2D eigenvalue weighted by Gasteiger charge is 2.37. The average molecular weight is 190 g/mol. The molecule has 1 saturated carbocycles. The molecule has 1 aromatic carbocycles. The molecule has 0 aromatic heterocycles. The Bertz CT molecular complexity index is 318. The van der Waals surface area contributed by atoms with Gasteiger partial charge in [-0.2, -0.15) is 0 Å². The van der Waals surface area contributed by atoms with E-state index in [1.165, 1.54) is 12.7 Å². The predicted molar refractivity (Wildman–Crippen MR) is 53.9 cm³/mol. The van der Waals surface area contributed by atoms with Crippen molar-refractivity contribution in [1.29, 1.82) is 0 Å². The first-order chi connectivity index (χ1) is 6.83. The van der Waals surface area contributed by atoms with E-state index in [-0.39, 0.29) is 11.9 Å². The highest BCUT2D eigenvalue weighted by molar-refractivity contribution is 5.74. The fourth-order valence-corrected chi connectivity index (χ4v) is 2.03. The van der Waals surface area contributed by atoms with Gasteiger partial charge in [0.05, 0.1) is 13.0 Å². The molecule has 1 fully saturated rings. The molecular formula is C12H14O2. The summed E-state index contributed by atoms with van der Waals surface area (Å²) in [6.07, 6.45) is 2.07. The van der Waals surface area contributed by atoms with Gasteiger partial charge in [-0.15, -0.1) is 0 Å². The molecule has 0 bridgehead atoms. The molecule has 1 aliphatic rings. The third-order valence-electron chi connectivity index (χ3n) is 3.01. The van der Waals surface area contributed by atoms with Crippen LogP contribution in [0.5, 0.6) is 0 Å². The molecule has 0 spiro atoms. The van der Waals surface area contributed by atoms with E-state index in [4.69, 9.17) is 4.74 Å². The van der Waals surface area contributed by atoms with Crippen molar-refractivity contribution in [2.45, 2.75) is 18.8 Å². The second-order valence-electron chi connectivity index (χ2n) is 3.72. The van der Waals surface area contributed by atoms with Crippen molar-refractivity contribution < 1.29 is 9.53 Å². The molecule has 0 aliphatic heterocycles. The number of esters is 1. The van der Waals surface area contributed by atoms with Gasteiger partial charge in [0.2, 0.25) is 0 Å². The minimum Gasteiger partial charge on any atom is -0.469 e. The predicted octanol–water partition coefficient (Wildman–Crippen LogP) is 2.35. The Balaban J connectivity index is 2.10. The number of carbonyl (C=O) groups excluding carboxylic acids is 1. The Morgan fingerprint density at radius 3 is 2.50 bits per heavy atom. The molecular weight excluding hydrogens is 176 g/mol. The lowest BCUT2D eigenvalue weighted by Crippen LogP contribution is -2.31. The Morgan fingerprint density at radius 1 is 1.29 bits per heavy atom. The summed E-state index contributed by atoms with van der Waals surface area (Å²) in [5.41, 5.74) is 1.26. The lowest BCUT2D eigenvalue weighted by Gasteiger charge is -2.34. The first-order valence-electron chi connectivity index (χ1n) is 4.95. The van der Waals surface area contributed by atoms with Crippen molar-refractivity contribution in [2.75, 3.05) is 7.11 Å². The number of hydrogen-bond donors (Lipinski definition) is 0. The van der Waals surface area contributed by atoms with Crippen molar-refractivity contribution in [3.8, 4) is 0 Å². The average Bonchev–Trinajstić information content (AvgIpc) is 2.17. The number of rotatable bonds is 2. The monoisotopic (exact) mass is 190 g/mol. The van der Waals surface area contributed by atoms with Crippen molar-refractivity contribution in [1.82, 2.24) is 0 Å². The summed E-state index contributed by atoms with van der Waals surface area (Å²) >= 11 is 0. The molecule has 2 atom stereocenters. The molecule has 1 aliphatic carbocycles. The summed E-state index contributed by atoms with van der Waals surface area (Å²) in [7, 11) is 1.46. The highest BCUT2D eigenvalue weighted by atomic mass is 16.5. The fraction of sp³-hybridized carbons (Fsp3) is 0.417. The molecule has 0 amide bonds. The zero-order valence-electron chi connectivity index (χ0n) is 8.27. The topological polar surface area (TPSA) is 26.3 Å². The summed E-state index contributed by atoms with van der Waals surface area (Å²) < 4.78 is 4.77. The first-order valence-corrected chi connectivity index (χ1v) is 4.95. The van der Waals surface area contributed by atoms with Crippen LogP contribution in [0.25, 0.3) is 0 Å². The number of hydrogen-bond acceptors (Lipinski definition) is 2. The third-order valence-corrected chi connectivity index (χ3v) is 3.01. The van der Waals surface area contributed by atoms with Gasteiger partial charge in [0.25, 0.3) is 0 Å². The van der Waals surface area contributed by atoms with Gasteiger partial charge < -0.3 is 4.74 Å². The van der Waals surface area contributed by atoms with Crippen LogP contribution >= 0.6 is 0 Å². The Hall–Kier alpha value is -1.31. The lowest BCUT2D eigenvalue weighted by molar-refractivity contribution is -0.149. The van der Waals surface area contributed by atoms with E-state index in [0.717, 1.165) is 12.8 Å². The van der Waals surface area contributed by atoms with E-state index in [2.05, 4.69) is 12.1 Å². The standard InChI is InChI=1S/C12H14O2/c1-14-12(13)11-8-7-10(11)9-5-3-2-4-6-9/h2-6,10-11H,7-8H2,1H3/t10-,11+/m1/s1. The second kappa shape index (κ2) is 3.82. The van der Waals surface area contributed by atoms with Crippen molar-refractivity contribution in [3.05, 3.63) is 35.9 Å². The van der Waals surface area contributed by atoms with Crippen LogP contribution in [0, 0.1) is 5.92 Å². The van der Waals surface area contributed by atoms with Crippen LogP contribution in [0.1, 0.15) is 24.3 Å². The van der Waals surface area contributed by atoms with Gasteiger partial charge >= 0.3 is 5.97 Å². The van der Waals surface area contributed by atoms with E-state index in [9.17, 15) is 4.79 Å². The van der Waals surface area contributed by atoms with E-state index in [0.29, 0.717) is 5.92 Å². The zero-order chi connectivity index (χ0) is 9.97. The molecule has 0 heterocycles. The van der Waals surface area contributed by atoms with Crippen LogP contribution in [0.15, 0.2) is 30.3 Å². The minimum absolute atomic E-state index is 0.0647. The zero-order valence-corrected chi connectivity index (χ0v) is 8.27. The molecule has 14 heavy (non-hydrogen) atoms. The number of methoxy groups -OCH3 is 1. The van der Waals surface area contributed by atoms with Crippen molar-refractivity contribution in [3.63, 3.8) is 0 Å². The third kappa shape index (κ3) is 1.52. The smallest absolute Gasteiger partial charge is 0.309 e. The molecule has 0 radical (unpaired) electrons. The summed E-state index contributed by atoms with van der Waals surface area (Å²) in [5, 5.41) is 0. The Labute approximate surface area is 83.9 Å².